The first kappa shape index (κ1) is 15.1. The number of fused-ring (bicyclic) bond motifs is 2. The first-order chi connectivity index (χ1) is 11.7. The molecular weight excluding hydrogens is 366 g/mol. The van der Waals surface area contributed by atoms with Crippen LogP contribution < -0.4 is 10.2 Å². The van der Waals surface area contributed by atoms with E-state index in [1.807, 2.05) is 53.4 Å². The van der Waals surface area contributed by atoms with Crippen LogP contribution in [0.1, 0.15) is 5.56 Å². The molecule has 0 saturated heterocycles. The Morgan fingerprint density at radius 3 is 2.92 bits per heavy atom. The van der Waals surface area contributed by atoms with Crippen LogP contribution in [0, 0.1) is 0 Å². The highest BCUT2D eigenvalue weighted by molar-refractivity contribution is 9.10. The van der Waals surface area contributed by atoms with E-state index in [9.17, 15) is 4.79 Å². The topological polar surface area (TPSA) is 45.2 Å². The minimum Gasteiger partial charge on any atom is -0.383 e. The maximum atomic E-state index is 12.2. The number of benzene rings is 2. The lowest BCUT2D eigenvalue weighted by Crippen LogP contribution is -2.31. The summed E-state index contributed by atoms with van der Waals surface area (Å²) in [6.07, 6.45) is 2.30. The molecule has 1 aliphatic heterocycles. The number of hydrogen-bond donors (Lipinski definition) is 1. The van der Waals surface area contributed by atoms with Gasteiger partial charge in [0.15, 0.2) is 0 Å². The van der Waals surface area contributed by atoms with Crippen molar-refractivity contribution >= 4 is 44.1 Å². The highest BCUT2D eigenvalue weighted by Crippen LogP contribution is 2.29. The molecule has 0 spiro atoms. The lowest BCUT2D eigenvalue weighted by Gasteiger charge is -2.18. The Bertz CT molecular complexity index is 925. The number of amides is 1. The van der Waals surface area contributed by atoms with E-state index < -0.39 is 0 Å². The Morgan fingerprint density at radius 2 is 2.00 bits per heavy atom. The van der Waals surface area contributed by atoms with Crippen LogP contribution >= 0.6 is 15.9 Å². The van der Waals surface area contributed by atoms with E-state index in [1.165, 1.54) is 0 Å². The van der Waals surface area contributed by atoms with Crippen molar-refractivity contribution in [2.75, 3.05) is 23.3 Å². The highest BCUT2D eigenvalue weighted by Gasteiger charge is 2.25. The second-order valence-corrected chi connectivity index (χ2v) is 6.63. The van der Waals surface area contributed by atoms with Gasteiger partial charge in [-0.25, -0.2) is 0 Å². The van der Waals surface area contributed by atoms with Gasteiger partial charge in [0.05, 0.1) is 11.9 Å². The molecule has 0 unspecified atom stereocenters. The summed E-state index contributed by atoms with van der Waals surface area (Å²) in [5.74, 6) is 0.167. The fourth-order valence-electron chi connectivity index (χ4n) is 3.16. The first-order valence-corrected chi connectivity index (χ1v) is 8.69. The van der Waals surface area contributed by atoms with E-state index in [2.05, 4.69) is 26.2 Å². The summed E-state index contributed by atoms with van der Waals surface area (Å²) < 4.78 is 0.979. The molecule has 0 bridgehead atoms. The third kappa shape index (κ3) is 2.65. The molecule has 0 aliphatic carbocycles. The number of aromatic nitrogens is 1. The van der Waals surface area contributed by atoms with Crippen molar-refractivity contribution < 1.29 is 4.79 Å². The van der Waals surface area contributed by atoms with E-state index in [-0.39, 0.29) is 5.91 Å². The van der Waals surface area contributed by atoms with Gasteiger partial charge >= 0.3 is 0 Å². The molecule has 1 N–H and O–H groups in total. The summed E-state index contributed by atoms with van der Waals surface area (Å²) in [6, 6.07) is 16.0. The number of nitrogens with one attached hydrogen (secondary N) is 1. The Kier molecular flexibility index (Phi) is 3.94. The number of hydrogen-bond acceptors (Lipinski definition) is 3. The zero-order valence-electron chi connectivity index (χ0n) is 13.0. The fraction of sp³-hybridized carbons (Fsp3) is 0.158. The maximum absolute atomic E-state index is 12.2. The van der Waals surface area contributed by atoms with Crippen LogP contribution in [0.15, 0.2) is 59.2 Å². The zero-order valence-corrected chi connectivity index (χ0v) is 14.6. The van der Waals surface area contributed by atoms with Crippen molar-refractivity contribution in [2.45, 2.75) is 6.42 Å². The lowest BCUT2D eigenvalue weighted by molar-refractivity contribution is -0.117. The monoisotopic (exact) mass is 381 g/mol. The van der Waals surface area contributed by atoms with Crippen LogP contribution in [-0.2, 0) is 11.2 Å². The normalized spacial score (nSPS) is 13.4. The molecule has 4 rings (SSSR count). The summed E-state index contributed by atoms with van der Waals surface area (Å²) in [5.41, 5.74) is 4.11. The van der Waals surface area contributed by atoms with Crippen LogP contribution in [-0.4, -0.2) is 24.0 Å². The molecule has 1 aliphatic rings. The van der Waals surface area contributed by atoms with Gasteiger partial charge in [-0.1, -0.05) is 30.3 Å². The fourth-order valence-corrected chi connectivity index (χ4v) is 3.63. The molecule has 5 heteroatoms. The number of nitrogens with zero attached hydrogens (tertiary/aromatic N) is 2. The van der Waals surface area contributed by atoms with Crippen LogP contribution in [0.5, 0.6) is 0 Å². The lowest BCUT2D eigenvalue weighted by atomic mass is 10.2. The number of rotatable bonds is 4. The molecule has 1 aromatic heterocycles. The van der Waals surface area contributed by atoms with Gasteiger partial charge in [-0.15, -0.1) is 0 Å². The maximum Gasteiger partial charge on any atom is 0.231 e. The molecule has 3 aromatic rings. The second-order valence-electron chi connectivity index (χ2n) is 5.77. The van der Waals surface area contributed by atoms with Crippen molar-refractivity contribution in [3.63, 3.8) is 0 Å². The van der Waals surface area contributed by atoms with Gasteiger partial charge in [-0.3, -0.25) is 9.78 Å². The van der Waals surface area contributed by atoms with Crippen molar-refractivity contribution in [3.05, 3.63) is 64.8 Å². The second kappa shape index (κ2) is 6.24. The molecule has 2 aromatic carbocycles. The van der Waals surface area contributed by atoms with Gasteiger partial charge in [-0.2, -0.15) is 0 Å². The molecule has 0 fully saturated rings. The summed E-state index contributed by atoms with van der Waals surface area (Å²) in [6.45, 7) is 1.33. The highest BCUT2D eigenvalue weighted by atomic mass is 79.9. The van der Waals surface area contributed by atoms with Crippen LogP contribution in [0.4, 0.5) is 11.4 Å². The number of para-hydroxylation sites is 2. The minimum atomic E-state index is 0.167. The Balaban J connectivity index is 1.51. The van der Waals surface area contributed by atoms with Crippen molar-refractivity contribution in [1.82, 2.24) is 4.98 Å². The molecule has 0 saturated carbocycles. The zero-order chi connectivity index (χ0) is 16.5. The number of halogens is 1. The first-order valence-electron chi connectivity index (χ1n) is 7.89. The Labute approximate surface area is 148 Å². The molecule has 0 radical (unpaired) electrons. The van der Waals surface area contributed by atoms with Gasteiger partial charge in [0.1, 0.15) is 0 Å². The van der Waals surface area contributed by atoms with E-state index in [4.69, 9.17) is 0 Å². The number of anilines is 2. The van der Waals surface area contributed by atoms with E-state index in [1.54, 1.807) is 6.20 Å². The predicted molar refractivity (Wildman–Crippen MR) is 100 cm³/mol. The minimum absolute atomic E-state index is 0.167. The third-order valence-corrected chi connectivity index (χ3v) is 4.94. The van der Waals surface area contributed by atoms with Gasteiger partial charge < -0.3 is 10.2 Å². The van der Waals surface area contributed by atoms with Crippen LogP contribution in [0.25, 0.3) is 10.9 Å². The standard InChI is InChI=1S/C19H16BrN3O/c20-15-6-3-5-14-16(8-9-22-19(14)15)21-10-11-23-17-7-2-1-4-13(17)12-18(23)24/h1-9H,10-12H2,(H,21,22). The van der Waals surface area contributed by atoms with Gasteiger partial charge in [0.2, 0.25) is 5.91 Å². The average Bonchev–Trinajstić information content (AvgIpc) is 2.91. The summed E-state index contributed by atoms with van der Waals surface area (Å²) in [7, 11) is 0. The van der Waals surface area contributed by atoms with Crippen molar-refractivity contribution in [1.29, 1.82) is 0 Å². The van der Waals surface area contributed by atoms with E-state index >= 15 is 0 Å². The van der Waals surface area contributed by atoms with Gasteiger partial charge in [-0.05, 0) is 39.7 Å². The smallest absolute Gasteiger partial charge is 0.231 e. The van der Waals surface area contributed by atoms with E-state index in [0.717, 1.165) is 32.3 Å². The molecular formula is C19H16BrN3O. The third-order valence-electron chi connectivity index (χ3n) is 4.30. The average molecular weight is 382 g/mol. The van der Waals surface area contributed by atoms with Gasteiger partial charge in [0.25, 0.3) is 0 Å². The molecule has 1 amide bonds. The van der Waals surface area contributed by atoms with Crippen molar-refractivity contribution in [2.24, 2.45) is 0 Å². The van der Waals surface area contributed by atoms with E-state index in [0.29, 0.717) is 19.5 Å². The molecule has 0 atom stereocenters. The summed E-state index contributed by atoms with van der Waals surface area (Å²) >= 11 is 3.54. The molecule has 2 heterocycles. The number of carbonyl (C=O) groups is 1. The molecule has 24 heavy (non-hydrogen) atoms. The molecule has 120 valence electrons. The van der Waals surface area contributed by atoms with Crippen LogP contribution in [0.3, 0.4) is 0 Å². The largest absolute Gasteiger partial charge is 0.383 e. The van der Waals surface area contributed by atoms with Crippen molar-refractivity contribution in [3.8, 4) is 0 Å². The van der Waals surface area contributed by atoms with Crippen LogP contribution in [0.2, 0.25) is 0 Å². The number of pyridine rings is 1. The SMILES string of the molecule is O=C1Cc2ccccc2N1CCNc1ccnc2c(Br)cccc12. The summed E-state index contributed by atoms with van der Waals surface area (Å²) in [4.78, 5) is 18.5. The predicted octanol–water partition coefficient (Wildman–Crippen LogP) is 4.00. The van der Waals surface area contributed by atoms with Gasteiger partial charge in [0, 0.05) is 40.5 Å². The Morgan fingerprint density at radius 1 is 1.12 bits per heavy atom. The number of carbonyl (C=O) groups excluding carboxylic acids is 1. The molecule has 4 nitrogen and oxygen atoms in total. The quantitative estimate of drug-likeness (QED) is 0.742. The summed E-state index contributed by atoms with van der Waals surface area (Å²) in [5, 5.41) is 4.51. The Hall–Kier alpha value is -2.40.